The first-order valence-corrected chi connectivity index (χ1v) is 19.5. The number of fused-ring (bicyclic) bond motifs is 7. The van der Waals surface area contributed by atoms with Crippen LogP contribution in [0.5, 0.6) is 0 Å². The van der Waals surface area contributed by atoms with Crippen molar-refractivity contribution >= 4 is 54.9 Å². The summed E-state index contributed by atoms with van der Waals surface area (Å²) in [6.07, 6.45) is 4.78. The molecule has 5 heteroatoms. The van der Waals surface area contributed by atoms with Gasteiger partial charge in [-0.25, -0.2) is 0 Å². The van der Waals surface area contributed by atoms with Gasteiger partial charge < -0.3 is 21.5 Å². The quantitative estimate of drug-likeness (QED) is 0.157. The van der Waals surface area contributed by atoms with E-state index in [1.54, 1.807) is 0 Å². The van der Waals surface area contributed by atoms with Gasteiger partial charge in [0.1, 0.15) is 0 Å². The van der Waals surface area contributed by atoms with E-state index in [0.29, 0.717) is 0 Å². The molecule has 0 aliphatic heterocycles. The van der Waals surface area contributed by atoms with Crippen molar-refractivity contribution in [3.8, 4) is 39.3 Å². The first-order chi connectivity index (χ1) is 26.3. The van der Waals surface area contributed by atoms with Crippen molar-refractivity contribution in [3.05, 3.63) is 180 Å². The number of para-hydroxylation sites is 5. The highest BCUT2D eigenvalue weighted by Crippen LogP contribution is 2.41. The van der Waals surface area contributed by atoms with Crippen LogP contribution in [-0.2, 0) is 12.8 Å². The minimum Gasteiger partial charge on any atom is -1.00 e. The van der Waals surface area contributed by atoms with Crippen LogP contribution in [-0.4, -0.2) is 9.13 Å². The summed E-state index contributed by atoms with van der Waals surface area (Å²) < 4.78 is 7.34. The SMILES string of the molecule is [Cl-].c1ccc(-n2c3ccccc3c3cc(-c4cccc(-c5ccc6c(c5)c5ccccc5n6-c5ccccc5)c4-[n+]4csc5c4CCCC5)ccc32)cc1. The molecular formula is C49H36ClN3S. The maximum Gasteiger partial charge on any atom is 0.231 e. The zero-order valence-electron chi connectivity index (χ0n) is 29.6. The smallest absolute Gasteiger partial charge is 0.231 e. The molecule has 0 unspecified atom stereocenters. The van der Waals surface area contributed by atoms with Crippen molar-refractivity contribution in [2.45, 2.75) is 25.7 Å². The van der Waals surface area contributed by atoms with Gasteiger partial charge in [-0.3, -0.25) is 0 Å². The second-order valence-electron chi connectivity index (χ2n) is 14.2. The number of hydrogen-bond acceptors (Lipinski definition) is 1. The second-order valence-corrected chi connectivity index (χ2v) is 15.2. The fourth-order valence-electron chi connectivity index (χ4n) is 8.87. The zero-order valence-corrected chi connectivity index (χ0v) is 31.2. The van der Waals surface area contributed by atoms with Crippen LogP contribution in [0.1, 0.15) is 23.4 Å². The Morgan fingerprint density at radius 1 is 0.444 bits per heavy atom. The first kappa shape index (κ1) is 32.7. The van der Waals surface area contributed by atoms with Crippen LogP contribution in [0.15, 0.2) is 169 Å². The van der Waals surface area contributed by atoms with Gasteiger partial charge in [0.15, 0.2) is 0 Å². The number of thiazole rings is 1. The molecule has 3 heterocycles. The number of aryl methyl sites for hydroxylation is 1. The van der Waals surface area contributed by atoms with Crippen molar-refractivity contribution in [1.82, 2.24) is 9.13 Å². The third-order valence-electron chi connectivity index (χ3n) is 11.3. The molecule has 0 saturated carbocycles. The van der Waals surface area contributed by atoms with E-state index in [-0.39, 0.29) is 12.4 Å². The van der Waals surface area contributed by atoms with Crippen LogP contribution in [0.25, 0.3) is 82.9 Å². The number of rotatable bonds is 5. The highest BCUT2D eigenvalue weighted by atomic mass is 35.5. The van der Waals surface area contributed by atoms with Gasteiger partial charge in [-0.1, -0.05) is 102 Å². The molecule has 7 aromatic carbocycles. The van der Waals surface area contributed by atoms with Gasteiger partial charge in [0.05, 0.1) is 38.1 Å². The van der Waals surface area contributed by atoms with Crippen LogP contribution in [0, 0.1) is 0 Å². The molecule has 0 atom stereocenters. The normalized spacial score (nSPS) is 12.7. The number of aromatic nitrogens is 3. The Morgan fingerprint density at radius 3 is 1.48 bits per heavy atom. The van der Waals surface area contributed by atoms with Crippen LogP contribution in [0.4, 0.5) is 0 Å². The van der Waals surface area contributed by atoms with E-state index in [4.69, 9.17) is 0 Å². The fourth-order valence-corrected chi connectivity index (χ4v) is 9.94. The van der Waals surface area contributed by atoms with Crippen molar-refractivity contribution < 1.29 is 17.0 Å². The molecular weight excluding hydrogens is 698 g/mol. The molecule has 3 nitrogen and oxygen atoms in total. The minimum absolute atomic E-state index is 0. The minimum atomic E-state index is 0. The van der Waals surface area contributed by atoms with Crippen LogP contribution in [0.2, 0.25) is 0 Å². The Kier molecular flexibility index (Phi) is 7.97. The molecule has 260 valence electrons. The summed E-state index contributed by atoms with van der Waals surface area (Å²) in [5.41, 5.74) is 17.3. The Balaban J connectivity index is 0.00000361. The lowest BCUT2D eigenvalue weighted by Gasteiger charge is -2.14. The van der Waals surface area contributed by atoms with E-state index < -0.39 is 0 Å². The van der Waals surface area contributed by atoms with Gasteiger partial charge in [-0.05, 0) is 103 Å². The molecule has 0 radical (unpaired) electrons. The Hall–Kier alpha value is -5.94. The van der Waals surface area contributed by atoms with E-state index in [2.05, 4.69) is 183 Å². The summed E-state index contributed by atoms with van der Waals surface area (Å²) in [4.78, 5) is 1.53. The van der Waals surface area contributed by atoms with E-state index in [9.17, 15) is 0 Å². The lowest BCUT2D eigenvalue weighted by molar-refractivity contribution is -0.598. The standard InChI is InChI=1S/C49H36N3S.ClH/c1-3-14-35(15-4-1)51-43-22-9-7-18-39(43)41-30-33(26-28-45(41)51)37-20-13-21-38(49(37)50-32-53-48-25-12-11-24-47(48)50)34-27-29-46-42(31-34)40-19-8-10-23-44(40)52(46)36-16-5-2-6-17-36;/h1-10,13-23,26-32H,11-12,24-25H2;1H/q+1;/p-1. The van der Waals surface area contributed by atoms with E-state index in [1.807, 2.05) is 11.3 Å². The summed E-state index contributed by atoms with van der Waals surface area (Å²) in [6, 6.07) is 60.2. The number of benzene rings is 7. The molecule has 10 aromatic rings. The van der Waals surface area contributed by atoms with E-state index >= 15 is 0 Å². The van der Waals surface area contributed by atoms with Gasteiger partial charge in [0.2, 0.25) is 16.9 Å². The lowest BCUT2D eigenvalue weighted by atomic mass is 9.93. The van der Waals surface area contributed by atoms with Crippen LogP contribution >= 0.6 is 11.3 Å². The molecule has 11 rings (SSSR count). The molecule has 0 fully saturated rings. The molecule has 3 aromatic heterocycles. The first-order valence-electron chi connectivity index (χ1n) is 18.6. The maximum atomic E-state index is 2.54. The lowest BCUT2D eigenvalue weighted by Crippen LogP contribution is -3.00. The summed E-state index contributed by atoms with van der Waals surface area (Å²) >= 11 is 1.92. The maximum absolute atomic E-state index is 2.54. The molecule has 0 N–H and O–H groups in total. The van der Waals surface area contributed by atoms with Crippen LogP contribution in [0.3, 0.4) is 0 Å². The summed E-state index contributed by atoms with van der Waals surface area (Å²) in [6.45, 7) is 0. The third kappa shape index (κ3) is 5.05. The summed E-state index contributed by atoms with van der Waals surface area (Å²) in [5.74, 6) is 0. The average Bonchev–Trinajstić information content (AvgIpc) is 3.91. The highest BCUT2D eigenvalue weighted by Gasteiger charge is 2.30. The van der Waals surface area contributed by atoms with Gasteiger partial charge in [-0.15, -0.1) is 0 Å². The Bertz CT molecular complexity index is 2830. The van der Waals surface area contributed by atoms with Gasteiger partial charge in [0.25, 0.3) is 0 Å². The molecule has 1 aliphatic rings. The van der Waals surface area contributed by atoms with E-state index in [0.717, 1.165) is 6.42 Å². The van der Waals surface area contributed by atoms with Crippen molar-refractivity contribution in [1.29, 1.82) is 0 Å². The van der Waals surface area contributed by atoms with Crippen LogP contribution < -0.4 is 17.0 Å². The number of nitrogens with zero attached hydrogens (tertiary/aromatic N) is 3. The predicted octanol–water partition coefficient (Wildman–Crippen LogP) is 9.44. The molecule has 0 saturated heterocycles. The van der Waals surface area contributed by atoms with Gasteiger partial charge >= 0.3 is 0 Å². The zero-order chi connectivity index (χ0) is 34.9. The molecule has 0 amide bonds. The average molecular weight is 734 g/mol. The highest BCUT2D eigenvalue weighted by molar-refractivity contribution is 7.09. The fraction of sp³-hybridized carbons (Fsp3) is 0.0816. The largest absolute Gasteiger partial charge is 1.00 e. The van der Waals surface area contributed by atoms with Crippen molar-refractivity contribution in [3.63, 3.8) is 0 Å². The monoisotopic (exact) mass is 733 g/mol. The second kappa shape index (κ2) is 13.2. The summed E-state index contributed by atoms with van der Waals surface area (Å²) in [7, 11) is 0. The molecule has 54 heavy (non-hydrogen) atoms. The molecule has 0 spiro atoms. The van der Waals surface area contributed by atoms with Crippen molar-refractivity contribution in [2.24, 2.45) is 0 Å². The third-order valence-corrected chi connectivity index (χ3v) is 12.3. The van der Waals surface area contributed by atoms with E-state index in [1.165, 1.54) is 113 Å². The molecule has 0 bridgehead atoms. The topological polar surface area (TPSA) is 13.7 Å². The van der Waals surface area contributed by atoms with Gasteiger partial charge in [0, 0.05) is 39.3 Å². The Labute approximate surface area is 324 Å². The number of hydrogen-bond donors (Lipinski definition) is 0. The number of halogens is 1. The van der Waals surface area contributed by atoms with Gasteiger partial charge in [-0.2, -0.15) is 4.57 Å². The predicted molar refractivity (Wildman–Crippen MR) is 222 cm³/mol. The summed E-state index contributed by atoms with van der Waals surface area (Å²) in [5, 5.41) is 5.08. The van der Waals surface area contributed by atoms with Crippen molar-refractivity contribution in [2.75, 3.05) is 0 Å². The Morgan fingerprint density at radius 2 is 0.926 bits per heavy atom. The molecule has 1 aliphatic carbocycles.